The minimum atomic E-state index is -0.597. The molecule has 2 heterocycles. The van der Waals surface area contributed by atoms with Gasteiger partial charge in [0.05, 0.1) is 11.2 Å². The molecule has 0 aliphatic heterocycles. The molecule has 0 spiro atoms. The maximum absolute atomic E-state index is 13.9. The summed E-state index contributed by atoms with van der Waals surface area (Å²) in [5.74, 6) is -1.43. The Kier molecular flexibility index (Phi) is 4.78. The van der Waals surface area contributed by atoms with Gasteiger partial charge >= 0.3 is 0 Å². The van der Waals surface area contributed by atoms with Gasteiger partial charge in [0, 0.05) is 18.9 Å². The second-order valence-corrected chi connectivity index (χ2v) is 6.37. The van der Waals surface area contributed by atoms with E-state index in [2.05, 4.69) is 10.3 Å². The zero-order valence-electron chi connectivity index (χ0n) is 15.5. The zero-order chi connectivity index (χ0) is 20.4. The molecular weight excluding hydrogens is 371 g/mol. The molecule has 0 saturated heterocycles. The predicted molar refractivity (Wildman–Crippen MR) is 109 cm³/mol. The van der Waals surface area contributed by atoms with Crippen molar-refractivity contribution in [1.29, 1.82) is 0 Å². The van der Waals surface area contributed by atoms with Crippen molar-refractivity contribution in [2.75, 3.05) is 17.3 Å². The van der Waals surface area contributed by atoms with Gasteiger partial charge in [0.25, 0.3) is 11.8 Å². The SMILES string of the molecule is CN(C(=O)c1nc(C(=O)Nc2ccccc2F)c2ccccn12)c1ccccc1. The van der Waals surface area contributed by atoms with E-state index in [0.717, 1.165) is 0 Å². The molecule has 2 aromatic heterocycles. The maximum atomic E-state index is 13.9. The van der Waals surface area contributed by atoms with E-state index in [9.17, 15) is 14.0 Å². The van der Waals surface area contributed by atoms with E-state index in [1.54, 1.807) is 54.0 Å². The number of imidazole rings is 1. The number of carbonyl (C=O) groups is 2. The highest BCUT2D eigenvalue weighted by atomic mass is 19.1. The van der Waals surface area contributed by atoms with Crippen molar-refractivity contribution in [3.8, 4) is 0 Å². The standard InChI is InChI=1S/C22H17FN4O2/c1-26(15-9-3-2-4-10-15)22(29)20-25-19(18-13-7-8-14-27(18)20)21(28)24-17-12-6-5-11-16(17)23/h2-14H,1H3,(H,24,28). The molecule has 0 unspecified atom stereocenters. The Morgan fingerprint density at radius 3 is 2.41 bits per heavy atom. The minimum absolute atomic E-state index is 0.0404. The second kappa shape index (κ2) is 7.55. The van der Waals surface area contributed by atoms with Gasteiger partial charge in [-0.3, -0.25) is 14.0 Å². The summed E-state index contributed by atoms with van der Waals surface area (Å²) in [4.78, 5) is 31.6. The molecule has 1 N–H and O–H groups in total. The number of nitrogens with one attached hydrogen (secondary N) is 1. The van der Waals surface area contributed by atoms with Crippen LogP contribution in [-0.4, -0.2) is 28.2 Å². The summed E-state index contributed by atoms with van der Waals surface area (Å²) in [5.41, 5.74) is 1.23. The number of rotatable bonds is 4. The van der Waals surface area contributed by atoms with Crippen molar-refractivity contribution in [3.63, 3.8) is 0 Å². The van der Waals surface area contributed by atoms with Crippen LogP contribution < -0.4 is 10.2 Å². The molecule has 0 saturated carbocycles. The fourth-order valence-electron chi connectivity index (χ4n) is 3.02. The Morgan fingerprint density at radius 1 is 0.966 bits per heavy atom. The third kappa shape index (κ3) is 3.45. The van der Waals surface area contributed by atoms with Gasteiger partial charge in [-0.2, -0.15) is 0 Å². The Balaban J connectivity index is 1.73. The number of nitrogens with zero attached hydrogens (tertiary/aromatic N) is 3. The lowest BCUT2D eigenvalue weighted by Crippen LogP contribution is -2.28. The average molecular weight is 388 g/mol. The molecule has 0 atom stereocenters. The fourth-order valence-corrected chi connectivity index (χ4v) is 3.02. The van der Waals surface area contributed by atoms with Crippen LogP contribution in [0, 0.1) is 5.82 Å². The number of fused-ring (bicyclic) bond motifs is 1. The van der Waals surface area contributed by atoms with E-state index in [1.165, 1.54) is 23.1 Å². The summed E-state index contributed by atoms with van der Waals surface area (Å²) < 4.78 is 15.5. The summed E-state index contributed by atoms with van der Waals surface area (Å²) >= 11 is 0. The van der Waals surface area contributed by atoms with Gasteiger partial charge in [-0.25, -0.2) is 9.37 Å². The number of benzene rings is 2. The Morgan fingerprint density at radius 2 is 1.66 bits per heavy atom. The summed E-state index contributed by atoms with van der Waals surface area (Å²) in [6, 6.07) is 20.2. The number of aromatic nitrogens is 2. The number of anilines is 2. The molecule has 7 heteroatoms. The molecule has 0 aliphatic rings. The van der Waals surface area contributed by atoms with Crippen molar-refractivity contribution in [3.05, 3.63) is 96.3 Å². The molecule has 4 rings (SSSR count). The van der Waals surface area contributed by atoms with Crippen LogP contribution in [-0.2, 0) is 0 Å². The van der Waals surface area contributed by atoms with Gasteiger partial charge in [0.15, 0.2) is 5.69 Å². The van der Waals surface area contributed by atoms with Crippen LogP contribution in [0.2, 0.25) is 0 Å². The summed E-state index contributed by atoms with van der Waals surface area (Å²) in [6.07, 6.45) is 1.66. The van der Waals surface area contributed by atoms with Gasteiger partial charge in [0.2, 0.25) is 5.82 Å². The number of hydrogen-bond donors (Lipinski definition) is 1. The molecule has 0 aliphatic carbocycles. The van der Waals surface area contributed by atoms with Crippen LogP contribution in [0.5, 0.6) is 0 Å². The number of carbonyl (C=O) groups excluding carboxylic acids is 2. The highest BCUT2D eigenvalue weighted by Crippen LogP contribution is 2.20. The first-order valence-electron chi connectivity index (χ1n) is 8.92. The molecule has 2 amide bonds. The van der Waals surface area contributed by atoms with Crippen LogP contribution >= 0.6 is 0 Å². The number of para-hydroxylation sites is 2. The van der Waals surface area contributed by atoms with E-state index in [-0.39, 0.29) is 23.1 Å². The van der Waals surface area contributed by atoms with Crippen molar-refractivity contribution in [2.45, 2.75) is 0 Å². The lowest BCUT2D eigenvalue weighted by Gasteiger charge is -2.16. The maximum Gasteiger partial charge on any atom is 0.294 e. The topological polar surface area (TPSA) is 66.7 Å². The van der Waals surface area contributed by atoms with Crippen LogP contribution in [0.15, 0.2) is 79.0 Å². The van der Waals surface area contributed by atoms with Crippen LogP contribution in [0.25, 0.3) is 5.52 Å². The Hall–Kier alpha value is -4.00. The molecule has 4 aromatic rings. The van der Waals surface area contributed by atoms with Crippen molar-refractivity contribution < 1.29 is 14.0 Å². The van der Waals surface area contributed by atoms with E-state index in [4.69, 9.17) is 0 Å². The van der Waals surface area contributed by atoms with Crippen molar-refractivity contribution in [1.82, 2.24) is 9.38 Å². The summed E-state index contributed by atoms with van der Waals surface area (Å²) in [6.45, 7) is 0. The van der Waals surface area contributed by atoms with E-state index in [1.807, 2.05) is 18.2 Å². The largest absolute Gasteiger partial charge is 0.318 e. The van der Waals surface area contributed by atoms with Crippen LogP contribution in [0.3, 0.4) is 0 Å². The molecule has 0 radical (unpaired) electrons. The van der Waals surface area contributed by atoms with Gasteiger partial charge in [-0.05, 0) is 36.4 Å². The van der Waals surface area contributed by atoms with Crippen LogP contribution in [0.4, 0.5) is 15.8 Å². The smallest absolute Gasteiger partial charge is 0.294 e. The number of pyridine rings is 1. The first kappa shape index (κ1) is 18.4. The molecule has 0 bridgehead atoms. The van der Waals surface area contributed by atoms with Crippen molar-refractivity contribution in [2.24, 2.45) is 0 Å². The molecule has 6 nitrogen and oxygen atoms in total. The van der Waals surface area contributed by atoms with Gasteiger partial charge < -0.3 is 10.2 Å². The zero-order valence-corrected chi connectivity index (χ0v) is 15.5. The highest BCUT2D eigenvalue weighted by Gasteiger charge is 2.24. The quantitative estimate of drug-likeness (QED) is 0.575. The number of amides is 2. The first-order valence-corrected chi connectivity index (χ1v) is 8.92. The number of hydrogen-bond acceptors (Lipinski definition) is 3. The van der Waals surface area contributed by atoms with Gasteiger partial charge in [0.1, 0.15) is 5.82 Å². The predicted octanol–water partition coefficient (Wildman–Crippen LogP) is 4.00. The fraction of sp³-hybridized carbons (Fsp3) is 0.0455. The third-order valence-corrected chi connectivity index (χ3v) is 4.52. The number of halogens is 1. The molecule has 144 valence electrons. The van der Waals surface area contributed by atoms with Gasteiger partial charge in [-0.15, -0.1) is 0 Å². The normalized spacial score (nSPS) is 10.7. The van der Waals surface area contributed by atoms with Crippen LogP contribution in [0.1, 0.15) is 21.1 Å². The lowest BCUT2D eigenvalue weighted by atomic mass is 10.2. The first-order chi connectivity index (χ1) is 14.1. The van der Waals surface area contributed by atoms with E-state index >= 15 is 0 Å². The van der Waals surface area contributed by atoms with E-state index < -0.39 is 11.7 Å². The average Bonchev–Trinajstić information content (AvgIpc) is 3.15. The second-order valence-electron chi connectivity index (χ2n) is 6.37. The molecule has 2 aromatic carbocycles. The Labute approximate surface area is 166 Å². The summed E-state index contributed by atoms with van der Waals surface area (Å²) in [5, 5.41) is 2.52. The Bertz CT molecular complexity index is 1200. The van der Waals surface area contributed by atoms with E-state index in [0.29, 0.717) is 11.2 Å². The minimum Gasteiger partial charge on any atom is -0.318 e. The molecule has 29 heavy (non-hydrogen) atoms. The van der Waals surface area contributed by atoms with Gasteiger partial charge in [-0.1, -0.05) is 36.4 Å². The summed E-state index contributed by atoms with van der Waals surface area (Å²) in [7, 11) is 1.64. The third-order valence-electron chi connectivity index (χ3n) is 4.52. The molecular formula is C22H17FN4O2. The van der Waals surface area contributed by atoms with Crippen molar-refractivity contribution >= 4 is 28.7 Å². The lowest BCUT2D eigenvalue weighted by molar-refractivity contribution is 0.0982. The molecule has 0 fully saturated rings. The monoisotopic (exact) mass is 388 g/mol. The highest BCUT2D eigenvalue weighted by molar-refractivity contribution is 6.10.